The minimum atomic E-state index is 0.380. The fourth-order valence-corrected chi connectivity index (χ4v) is 2.94. The van der Waals surface area contributed by atoms with Crippen molar-refractivity contribution in [2.45, 2.75) is 13.3 Å². The topological polar surface area (TPSA) is 73.7 Å². The SMILES string of the molecule is CCc1ccc(/C=N\n2c(-c3cc(OC)c(OC)c(OC)c3)n[nH]c2=S)cc1. The van der Waals surface area contributed by atoms with Crippen molar-refractivity contribution in [2.24, 2.45) is 5.10 Å². The standard InChI is InChI=1S/C20H22N4O3S/c1-5-13-6-8-14(9-7-13)12-21-24-19(22-23-20(24)28)15-10-16(25-2)18(27-4)17(11-15)26-3/h6-12H,5H2,1-4H3,(H,23,28)/b21-12-. The van der Waals surface area contributed by atoms with Gasteiger partial charge in [0.15, 0.2) is 17.3 Å². The highest BCUT2D eigenvalue weighted by molar-refractivity contribution is 7.71. The molecule has 0 aliphatic heterocycles. The van der Waals surface area contributed by atoms with Gasteiger partial charge in [-0.25, -0.2) is 5.10 Å². The van der Waals surface area contributed by atoms with Crippen molar-refractivity contribution < 1.29 is 14.2 Å². The molecule has 0 radical (unpaired) electrons. The normalized spacial score (nSPS) is 11.0. The predicted octanol–water partition coefficient (Wildman–Crippen LogP) is 4.08. The lowest BCUT2D eigenvalue weighted by molar-refractivity contribution is 0.324. The molecule has 0 saturated carbocycles. The Morgan fingerprint density at radius 1 is 1.07 bits per heavy atom. The molecule has 146 valence electrons. The molecule has 1 aromatic heterocycles. The zero-order valence-electron chi connectivity index (χ0n) is 16.2. The van der Waals surface area contributed by atoms with Gasteiger partial charge in [-0.2, -0.15) is 14.9 Å². The zero-order valence-corrected chi connectivity index (χ0v) is 17.0. The van der Waals surface area contributed by atoms with Crippen LogP contribution >= 0.6 is 12.2 Å². The molecule has 0 aliphatic carbocycles. The number of nitrogens with one attached hydrogen (secondary N) is 1. The van der Waals surface area contributed by atoms with Crippen LogP contribution in [0.25, 0.3) is 11.4 Å². The van der Waals surface area contributed by atoms with Crippen LogP contribution < -0.4 is 14.2 Å². The third-order valence-corrected chi connectivity index (χ3v) is 4.55. The highest BCUT2D eigenvalue weighted by Crippen LogP contribution is 2.40. The molecule has 3 rings (SSSR count). The van der Waals surface area contributed by atoms with E-state index in [2.05, 4.69) is 34.4 Å². The fourth-order valence-electron chi connectivity index (χ4n) is 2.76. The minimum absolute atomic E-state index is 0.380. The first-order valence-corrected chi connectivity index (χ1v) is 9.13. The van der Waals surface area contributed by atoms with Crippen molar-refractivity contribution >= 4 is 18.4 Å². The van der Waals surface area contributed by atoms with E-state index >= 15 is 0 Å². The Balaban J connectivity index is 2.03. The third-order valence-electron chi connectivity index (χ3n) is 4.28. The second kappa shape index (κ2) is 8.71. The Labute approximate surface area is 168 Å². The van der Waals surface area contributed by atoms with Crippen molar-refractivity contribution in [3.8, 4) is 28.6 Å². The predicted molar refractivity (Wildman–Crippen MR) is 111 cm³/mol. The highest BCUT2D eigenvalue weighted by Gasteiger charge is 2.17. The average Bonchev–Trinajstić information content (AvgIpc) is 3.11. The monoisotopic (exact) mass is 398 g/mol. The lowest BCUT2D eigenvalue weighted by Gasteiger charge is -2.13. The fraction of sp³-hybridized carbons (Fsp3) is 0.250. The van der Waals surface area contributed by atoms with Crippen LogP contribution in [0.1, 0.15) is 18.1 Å². The lowest BCUT2D eigenvalue weighted by atomic mass is 10.1. The van der Waals surface area contributed by atoms with Crippen molar-refractivity contribution in [1.82, 2.24) is 14.9 Å². The summed E-state index contributed by atoms with van der Waals surface area (Å²) >= 11 is 5.34. The Morgan fingerprint density at radius 2 is 1.71 bits per heavy atom. The Hall–Kier alpha value is -3.13. The molecule has 0 unspecified atom stereocenters. The number of hydrogen-bond donors (Lipinski definition) is 1. The van der Waals surface area contributed by atoms with Crippen LogP contribution in [-0.4, -0.2) is 42.4 Å². The molecule has 28 heavy (non-hydrogen) atoms. The zero-order chi connectivity index (χ0) is 20.1. The van der Waals surface area contributed by atoms with Gasteiger partial charge in [-0.05, 0) is 41.9 Å². The summed E-state index contributed by atoms with van der Waals surface area (Å²) in [5.74, 6) is 2.09. The smallest absolute Gasteiger partial charge is 0.216 e. The van der Waals surface area contributed by atoms with E-state index in [1.54, 1.807) is 44.4 Å². The van der Waals surface area contributed by atoms with Gasteiger partial charge in [0.05, 0.1) is 27.5 Å². The number of hydrogen-bond acceptors (Lipinski definition) is 6. The van der Waals surface area contributed by atoms with E-state index in [1.165, 1.54) is 5.56 Å². The Kier molecular flexibility index (Phi) is 6.10. The molecule has 0 amide bonds. The summed E-state index contributed by atoms with van der Waals surface area (Å²) in [5, 5.41) is 11.6. The van der Waals surface area contributed by atoms with E-state index in [4.69, 9.17) is 26.4 Å². The molecule has 0 saturated heterocycles. The van der Waals surface area contributed by atoms with Crippen LogP contribution in [0.5, 0.6) is 17.2 Å². The van der Waals surface area contributed by atoms with Crippen LogP contribution in [0.2, 0.25) is 0 Å². The number of aromatic amines is 1. The number of H-pyrrole nitrogens is 1. The maximum atomic E-state index is 5.42. The number of nitrogens with zero attached hydrogens (tertiary/aromatic N) is 3. The Morgan fingerprint density at radius 3 is 2.25 bits per heavy atom. The second-order valence-corrected chi connectivity index (χ2v) is 6.30. The van der Waals surface area contributed by atoms with Gasteiger partial charge in [-0.15, -0.1) is 0 Å². The molecular formula is C20H22N4O3S. The summed E-state index contributed by atoms with van der Waals surface area (Å²) in [6.45, 7) is 2.12. The van der Waals surface area contributed by atoms with Crippen LogP contribution in [0.3, 0.4) is 0 Å². The van der Waals surface area contributed by atoms with Gasteiger partial charge in [0.25, 0.3) is 0 Å². The quantitative estimate of drug-likeness (QED) is 0.480. The van der Waals surface area contributed by atoms with Crippen LogP contribution in [0.15, 0.2) is 41.5 Å². The lowest BCUT2D eigenvalue weighted by Crippen LogP contribution is -1.99. The number of ether oxygens (including phenoxy) is 3. The van der Waals surface area contributed by atoms with Gasteiger partial charge >= 0.3 is 0 Å². The van der Waals surface area contributed by atoms with Gasteiger partial charge in [0.2, 0.25) is 10.5 Å². The molecule has 1 heterocycles. The molecule has 7 nitrogen and oxygen atoms in total. The van der Waals surface area contributed by atoms with Crippen LogP contribution in [-0.2, 0) is 6.42 Å². The third kappa shape index (κ3) is 3.91. The first-order chi connectivity index (χ1) is 13.6. The van der Waals surface area contributed by atoms with Crippen molar-refractivity contribution in [2.75, 3.05) is 21.3 Å². The molecule has 0 spiro atoms. The molecule has 0 atom stereocenters. The van der Waals surface area contributed by atoms with Crippen LogP contribution in [0.4, 0.5) is 0 Å². The van der Waals surface area contributed by atoms with E-state index in [1.807, 2.05) is 12.1 Å². The summed E-state index contributed by atoms with van der Waals surface area (Å²) in [6.07, 6.45) is 2.74. The summed E-state index contributed by atoms with van der Waals surface area (Å²) in [4.78, 5) is 0. The molecule has 0 aliphatic rings. The summed E-state index contributed by atoms with van der Waals surface area (Å²) in [6, 6.07) is 11.8. The summed E-state index contributed by atoms with van der Waals surface area (Å²) < 4.78 is 18.2. The average molecular weight is 398 g/mol. The van der Waals surface area contributed by atoms with E-state index < -0.39 is 0 Å². The number of rotatable bonds is 7. The summed E-state index contributed by atoms with van der Waals surface area (Å²) in [7, 11) is 4.69. The van der Waals surface area contributed by atoms with Gasteiger partial charge in [0, 0.05) is 5.56 Å². The van der Waals surface area contributed by atoms with Crippen molar-refractivity contribution in [3.63, 3.8) is 0 Å². The maximum absolute atomic E-state index is 5.42. The van der Waals surface area contributed by atoms with E-state index in [-0.39, 0.29) is 0 Å². The van der Waals surface area contributed by atoms with Crippen molar-refractivity contribution in [3.05, 3.63) is 52.3 Å². The van der Waals surface area contributed by atoms with Crippen molar-refractivity contribution in [1.29, 1.82) is 0 Å². The second-order valence-electron chi connectivity index (χ2n) is 5.92. The molecule has 2 aromatic carbocycles. The molecular weight excluding hydrogens is 376 g/mol. The number of benzene rings is 2. The van der Waals surface area contributed by atoms with E-state index in [9.17, 15) is 0 Å². The first kappa shape index (κ1) is 19.6. The van der Waals surface area contributed by atoms with Gasteiger partial charge < -0.3 is 14.2 Å². The molecule has 3 aromatic rings. The largest absolute Gasteiger partial charge is 0.493 e. The molecule has 1 N–H and O–H groups in total. The van der Waals surface area contributed by atoms with Gasteiger partial charge in [-0.1, -0.05) is 31.2 Å². The molecule has 8 heteroatoms. The Bertz CT molecular complexity index is 1010. The summed E-state index contributed by atoms with van der Waals surface area (Å²) in [5.41, 5.74) is 2.96. The maximum Gasteiger partial charge on any atom is 0.216 e. The highest BCUT2D eigenvalue weighted by atomic mass is 32.1. The van der Waals surface area contributed by atoms with E-state index in [0.29, 0.717) is 27.8 Å². The number of aryl methyl sites for hydroxylation is 1. The number of methoxy groups -OCH3 is 3. The molecule has 0 bridgehead atoms. The molecule has 0 fully saturated rings. The van der Waals surface area contributed by atoms with Crippen LogP contribution in [0, 0.1) is 4.77 Å². The van der Waals surface area contributed by atoms with Gasteiger partial charge in [-0.3, -0.25) is 0 Å². The number of aromatic nitrogens is 3. The van der Waals surface area contributed by atoms with E-state index in [0.717, 1.165) is 17.5 Å². The minimum Gasteiger partial charge on any atom is -0.493 e. The van der Waals surface area contributed by atoms with Gasteiger partial charge in [0.1, 0.15) is 0 Å². The first-order valence-electron chi connectivity index (χ1n) is 8.72.